The molecule has 0 aromatic heterocycles. The van der Waals surface area contributed by atoms with Crippen molar-refractivity contribution in [3.8, 4) is 0 Å². The molecule has 88 valence electrons. The van der Waals surface area contributed by atoms with Gasteiger partial charge in [-0.2, -0.15) is 0 Å². The minimum absolute atomic E-state index is 0.337. The fourth-order valence-corrected chi connectivity index (χ4v) is 2.52. The summed E-state index contributed by atoms with van der Waals surface area (Å²) in [5.74, 6) is 0. The average Bonchev–Trinajstić information content (AvgIpc) is 2.25. The van der Waals surface area contributed by atoms with E-state index >= 15 is 0 Å². The number of anilines is 1. The highest BCUT2D eigenvalue weighted by molar-refractivity contribution is 9.10. The minimum Gasteiger partial charge on any atom is -0.381 e. The molecule has 1 heterocycles. The van der Waals surface area contributed by atoms with Crippen molar-refractivity contribution in [2.45, 2.75) is 31.9 Å². The standard InChI is InChI=1S/C12H15BrClNO/c1-8-7-9(5-6-16-8)15-11-4-2-3-10(14)12(11)13/h2-4,8-9,15H,5-7H2,1H3. The predicted octanol–water partition coefficient (Wildman–Crippen LogP) is 4.08. The Labute approximate surface area is 109 Å². The lowest BCUT2D eigenvalue weighted by Crippen LogP contribution is -2.32. The van der Waals surface area contributed by atoms with Gasteiger partial charge in [0, 0.05) is 12.6 Å². The van der Waals surface area contributed by atoms with Gasteiger partial charge in [-0.25, -0.2) is 0 Å². The quantitative estimate of drug-likeness (QED) is 0.889. The van der Waals surface area contributed by atoms with Gasteiger partial charge >= 0.3 is 0 Å². The molecule has 0 bridgehead atoms. The molecule has 16 heavy (non-hydrogen) atoms. The topological polar surface area (TPSA) is 21.3 Å². The Kier molecular flexibility index (Phi) is 4.11. The molecule has 4 heteroatoms. The Balaban J connectivity index is 2.05. The van der Waals surface area contributed by atoms with E-state index in [0.717, 1.165) is 34.6 Å². The molecule has 1 saturated heterocycles. The van der Waals surface area contributed by atoms with E-state index in [4.69, 9.17) is 16.3 Å². The third-order valence-electron chi connectivity index (χ3n) is 2.80. The molecule has 2 atom stereocenters. The Morgan fingerprint density at radius 3 is 3.06 bits per heavy atom. The molecule has 2 nitrogen and oxygen atoms in total. The van der Waals surface area contributed by atoms with Crippen LogP contribution >= 0.6 is 27.5 Å². The van der Waals surface area contributed by atoms with Gasteiger partial charge in [0.15, 0.2) is 0 Å². The van der Waals surface area contributed by atoms with E-state index in [0.29, 0.717) is 12.1 Å². The molecule has 1 aliphatic heterocycles. The van der Waals surface area contributed by atoms with Gasteiger partial charge in [-0.05, 0) is 47.8 Å². The molecule has 0 radical (unpaired) electrons. The van der Waals surface area contributed by atoms with Gasteiger partial charge in [0.1, 0.15) is 0 Å². The number of ether oxygens (including phenoxy) is 1. The third kappa shape index (κ3) is 2.90. The van der Waals surface area contributed by atoms with Crippen LogP contribution in [0.3, 0.4) is 0 Å². The Morgan fingerprint density at radius 2 is 2.31 bits per heavy atom. The predicted molar refractivity (Wildman–Crippen MR) is 71.2 cm³/mol. The second-order valence-corrected chi connectivity index (χ2v) is 5.35. The summed E-state index contributed by atoms with van der Waals surface area (Å²) in [7, 11) is 0. The fraction of sp³-hybridized carbons (Fsp3) is 0.500. The highest BCUT2D eigenvalue weighted by Crippen LogP contribution is 2.31. The lowest BCUT2D eigenvalue weighted by molar-refractivity contribution is 0.0232. The van der Waals surface area contributed by atoms with E-state index < -0.39 is 0 Å². The van der Waals surface area contributed by atoms with Gasteiger partial charge < -0.3 is 10.1 Å². The molecule has 1 aliphatic rings. The van der Waals surface area contributed by atoms with Crippen LogP contribution in [0.25, 0.3) is 0 Å². The van der Waals surface area contributed by atoms with Gasteiger partial charge in [-0.1, -0.05) is 17.7 Å². The number of hydrogen-bond acceptors (Lipinski definition) is 2. The minimum atomic E-state index is 0.337. The number of rotatable bonds is 2. The maximum absolute atomic E-state index is 6.05. The van der Waals surface area contributed by atoms with Crippen LogP contribution in [0.2, 0.25) is 5.02 Å². The zero-order chi connectivity index (χ0) is 11.5. The van der Waals surface area contributed by atoms with Crippen LogP contribution in [0, 0.1) is 0 Å². The van der Waals surface area contributed by atoms with Crippen molar-refractivity contribution < 1.29 is 4.74 Å². The second kappa shape index (κ2) is 5.39. The smallest absolute Gasteiger partial charge is 0.0593 e. The summed E-state index contributed by atoms with van der Waals surface area (Å²) in [5, 5.41) is 4.25. The molecular formula is C12H15BrClNO. The van der Waals surface area contributed by atoms with E-state index in [-0.39, 0.29) is 0 Å². The van der Waals surface area contributed by atoms with Crippen molar-refractivity contribution in [2.24, 2.45) is 0 Å². The van der Waals surface area contributed by atoms with E-state index in [1.54, 1.807) is 0 Å². The summed E-state index contributed by atoms with van der Waals surface area (Å²) in [4.78, 5) is 0. The van der Waals surface area contributed by atoms with E-state index in [2.05, 4.69) is 28.2 Å². The van der Waals surface area contributed by atoms with Crippen LogP contribution in [0.4, 0.5) is 5.69 Å². The maximum atomic E-state index is 6.05. The normalized spacial score (nSPS) is 25.4. The van der Waals surface area contributed by atoms with Crippen molar-refractivity contribution in [1.29, 1.82) is 0 Å². The molecule has 2 unspecified atom stereocenters. The Hall–Kier alpha value is -0.250. The molecule has 0 aliphatic carbocycles. The maximum Gasteiger partial charge on any atom is 0.0593 e. The van der Waals surface area contributed by atoms with Crippen LogP contribution in [-0.4, -0.2) is 18.8 Å². The van der Waals surface area contributed by atoms with Gasteiger partial charge in [0.05, 0.1) is 21.3 Å². The molecule has 1 aromatic carbocycles. The van der Waals surface area contributed by atoms with Gasteiger partial charge in [-0.15, -0.1) is 0 Å². The largest absolute Gasteiger partial charge is 0.381 e. The summed E-state index contributed by atoms with van der Waals surface area (Å²) < 4.78 is 6.46. The molecular weight excluding hydrogens is 289 g/mol. The molecule has 0 saturated carbocycles. The number of benzene rings is 1. The summed E-state index contributed by atoms with van der Waals surface area (Å²) in [6.07, 6.45) is 2.42. The summed E-state index contributed by atoms with van der Waals surface area (Å²) >= 11 is 9.55. The monoisotopic (exact) mass is 303 g/mol. The van der Waals surface area contributed by atoms with Crippen molar-refractivity contribution >= 4 is 33.2 Å². The molecule has 0 spiro atoms. The van der Waals surface area contributed by atoms with Gasteiger partial charge in [0.2, 0.25) is 0 Å². The Bertz CT molecular complexity index is 372. The zero-order valence-electron chi connectivity index (χ0n) is 9.17. The first-order valence-electron chi connectivity index (χ1n) is 5.49. The van der Waals surface area contributed by atoms with Crippen LogP contribution < -0.4 is 5.32 Å². The zero-order valence-corrected chi connectivity index (χ0v) is 11.5. The molecule has 1 aromatic rings. The number of halogens is 2. The summed E-state index contributed by atoms with van der Waals surface area (Å²) in [6, 6.07) is 6.34. The summed E-state index contributed by atoms with van der Waals surface area (Å²) in [6.45, 7) is 2.94. The van der Waals surface area contributed by atoms with Gasteiger partial charge in [-0.3, -0.25) is 0 Å². The molecule has 0 amide bonds. The summed E-state index contributed by atoms with van der Waals surface area (Å²) in [5.41, 5.74) is 1.06. The average molecular weight is 305 g/mol. The first-order valence-corrected chi connectivity index (χ1v) is 6.66. The fourth-order valence-electron chi connectivity index (χ4n) is 1.96. The van der Waals surface area contributed by atoms with Crippen molar-refractivity contribution in [1.82, 2.24) is 0 Å². The SMILES string of the molecule is CC1CC(Nc2cccc(Cl)c2Br)CCO1. The van der Waals surface area contributed by atoms with E-state index in [9.17, 15) is 0 Å². The van der Waals surface area contributed by atoms with Crippen molar-refractivity contribution in [2.75, 3.05) is 11.9 Å². The Morgan fingerprint density at radius 1 is 1.50 bits per heavy atom. The van der Waals surface area contributed by atoms with Crippen molar-refractivity contribution in [3.63, 3.8) is 0 Å². The van der Waals surface area contributed by atoms with Crippen LogP contribution in [-0.2, 0) is 4.74 Å². The third-order valence-corrected chi connectivity index (χ3v) is 4.19. The first-order chi connectivity index (χ1) is 7.66. The number of nitrogens with one attached hydrogen (secondary N) is 1. The lowest BCUT2D eigenvalue weighted by atomic mass is 10.0. The molecule has 1 N–H and O–H groups in total. The number of hydrogen-bond donors (Lipinski definition) is 1. The molecule has 2 rings (SSSR count). The van der Waals surface area contributed by atoms with Gasteiger partial charge in [0.25, 0.3) is 0 Å². The highest BCUT2D eigenvalue weighted by atomic mass is 79.9. The van der Waals surface area contributed by atoms with E-state index in [1.165, 1.54) is 0 Å². The first kappa shape index (κ1) is 12.2. The second-order valence-electron chi connectivity index (χ2n) is 4.15. The highest BCUT2D eigenvalue weighted by Gasteiger charge is 2.19. The van der Waals surface area contributed by atoms with E-state index in [1.807, 2.05) is 18.2 Å². The van der Waals surface area contributed by atoms with Crippen LogP contribution in [0.5, 0.6) is 0 Å². The van der Waals surface area contributed by atoms with Crippen LogP contribution in [0.1, 0.15) is 19.8 Å². The lowest BCUT2D eigenvalue weighted by Gasteiger charge is -2.29. The molecule has 1 fully saturated rings. The van der Waals surface area contributed by atoms with Crippen molar-refractivity contribution in [3.05, 3.63) is 27.7 Å². The van der Waals surface area contributed by atoms with Crippen LogP contribution in [0.15, 0.2) is 22.7 Å².